The van der Waals surface area contributed by atoms with Crippen LogP contribution in [0.1, 0.15) is 26.2 Å². The van der Waals surface area contributed by atoms with E-state index in [9.17, 15) is 9.18 Å². The SMILES string of the molecule is C[C@H]1CCC(=O)[C@H](F)C1. The lowest BCUT2D eigenvalue weighted by atomic mass is 9.89. The third-order valence-corrected chi connectivity index (χ3v) is 1.84. The molecule has 9 heavy (non-hydrogen) atoms. The third-order valence-electron chi connectivity index (χ3n) is 1.84. The van der Waals surface area contributed by atoms with E-state index in [0.29, 0.717) is 18.8 Å². The summed E-state index contributed by atoms with van der Waals surface area (Å²) >= 11 is 0. The quantitative estimate of drug-likeness (QED) is 0.488. The molecule has 0 aromatic carbocycles. The normalized spacial score (nSPS) is 36.9. The first-order valence-electron chi connectivity index (χ1n) is 3.37. The molecule has 0 aromatic rings. The highest BCUT2D eigenvalue weighted by molar-refractivity contribution is 5.83. The molecule has 0 radical (unpaired) electrons. The minimum Gasteiger partial charge on any atom is -0.296 e. The van der Waals surface area contributed by atoms with Crippen molar-refractivity contribution in [2.75, 3.05) is 0 Å². The number of hydrogen-bond donors (Lipinski definition) is 0. The molecule has 1 aliphatic rings. The molecule has 0 saturated heterocycles. The Hall–Kier alpha value is -0.400. The van der Waals surface area contributed by atoms with E-state index in [1.165, 1.54) is 0 Å². The Kier molecular flexibility index (Phi) is 1.84. The van der Waals surface area contributed by atoms with Gasteiger partial charge in [-0.15, -0.1) is 0 Å². The van der Waals surface area contributed by atoms with Crippen LogP contribution in [0.2, 0.25) is 0 Å². The summed E-state index contributed by atoms with van der Waals surface area (Å²) in [6, 6.07) is 0. The number of carbonyl (C=O) groups excluding carboxylic acids is 1. The smallest absolute Gasteiger partial charge is 0.166 e. The summed E-state index contributed by atoms with van der Waals surface area (Å²) in [6.07, 6.45) is 0.606. The Morgan fingerprint density at radius 1 is 1.67 bits per heavy atom. The zero-order valence-electron chi connectivity index (χ0n) is 5.56. The standard InChI is InChI=1S/C7H11FO/c1-5-2-3-7(9)6(8)4-5/h5-6H,2-4H2,1H3/t5-,6+/m0/s1. The van der Waals surface area contributed by atoms with Crippen molar-refractivity contribution in [3.05, 3.63) is 0 Å². The molecule has 0 bridgehead atoms. The first kappa shape index (κ1) is 6.72. The van der Waals surface area contributed by atoms with E-state index in [0.717, 1.165) is 6.42 Å². The van der Waals surface area contributed by atoms with Crippen LogP contribution in [-0.2, 0) is 4.79 Å². The van der Waals surface area contributed by atoms with Gasteiger partial charge in [-0.25, -0.2) is 4.39 Å². The molecule has 0 spiro atoms. The largest absolute Gasteiger partial charge is 0.296 e. The van der Waals surface area contributed by atoms with Crippen LogP contribution in [0.4, 0.5) is 4.39 Å². The summed E-state index contributed by atoms with van der Waals surface area (Å²) in [5.41, 5.74) is 0. The molecular weight excluding hydrogens is 119 g/mol. The van der Waals surface area contributed by atoms with E-state index in [2.05, 4.69) is 0 Å². The molecule has 1 nitrogen and oxygen atoms in total. The number of carbonyl (C=O) groups is 1. The molecule has 1 fully saturated rings. The number of Topliss-reactive ketones (excluding diaryl/α,β-unsaturated/α-hetero) is 1. The van der Waals surface area contributed by atoms with Gasteiger partial charge >= 0.3 is 0 Å². The molecule has 2 atom stereocenters. The average Bonchev–Trinajstić information content (AvgIpc) is 1.80. The first-order valence-corrected chi connectivity index (χ1v) is 3.37. The Morgan fingerprint density at radius 3 is 2.78 bits per heavy atom. The van der Waals surface area contributed by atoms with Crippen LogP contribution < -0.4 is 0 Å². The van der Waals surface area contributed by atoms with E-state index < -0.39 is 6.17 Å². The summed E-state index contributed by atoms with van der Waals surface area (Å²) in [5.74, 6) is 0.200. The fourth-order valence-corrected chi connectivity index (χ4v) is 1.15. The Morgan fingerprint density at radius 2 is 2.33 bits per heavy atom. The molecule has 1 rings (SSSR count). The second kappa shape index (κ2) is 2.46. The Bertz CT molecular complexity index is 122. The van der Waals surface area contributed by atoms with Gasteiger partial charge in [0.1, 0.15) is 0 Å². The van der Waals surface area contributed by atoms with E-state index in [1.54, 1.807) is 0 Å². The van der Waals surface area contributed by atoms with E-state index in [1.807, 2.05) is 6.92 Å². The summed E-state index contributed by atoms with van der Waals surface area (Å²) in [6.45, 7) is 1.99. The lowest BCUT2D eigenvalue weighted by Gasteiger charge is -2.19. The topological polar surface area (TPSA) is 17.1 Å². The van der Waals surface area contributed by atoms with E-state index in [4.69, 9.17) is 0 Å². The molecule has 0 heterocycles. The van der Waals surface area contributed by atoms with Crippen molar-refractivity contribution < 1.29 is 9.18 Å². The van der Waals surface area contributed by atoms with Crippen LogP contribution in [0.5, 0.6) is 0 Å². The van der Waals surface area contributed by atoms with Gasteiger partial charge in [-0.3, -0.25) is 4.79 Å². The average molecular weight is 130 g/mol. The zero-order chi connectivity index (χ0) is 6.85. The molecule has 2 heteroatoms. The highest BCUT2D eigenvalue weighted by Crippen LogP contribution is 2.22. The predicted octanol–water partition coefficient (Wildman–Crippen LogP) is 1.71. The van der Waals surface area contributed by atoms with Crippen LogP contribution in [0.3, 0.4) is 0 Å². The molecule has 0 amide bonds. The van der Waals surface area contributed by atoms with Gasteiger partial charge in [-0.1, -0.05) is 6.92 Å². The van der Waals surface area contributed by atoms with Gasteiger partial charge in [-0.2, -0.15) is 0 Å². The molecule has 0 unspecified atom stereocenters. The van der Waals surface area contributed by atoms with Crippen molar-refractivity contribution in [1.82, 2.24) is 0 Å². The fourth-order valence-electron chi connectivity index (χ4n) is 1.15. The number of ketones is 1. The van der Waals surface area contributed by atoms with Crippen molar-refractivity contribution in [2.24, 2.45) is 5.92 Å². The number of alkyl halides is 1. The maximum absolute atomic E-state index is 12.5. The molecule has 0 aromatic heterocycles. The van der Waals surface area contributed by atoms with Crippen LogP contribution in [0.25, 0.3) is 0 Å². The fraction of sp³-hybridized carbons (Fsp3) is 0.857. The molecule has 52 valence electrons. The highest BCUT2D eigenvalue weighted by atomic mass is 19.1. The monoisotopic (exact) mass is 130 g/mol. The molecule has 0 aliphatic heterocycles. The Labute approximate surface area is 54.3 Å². The first-order chi connectivity index (χ1) is 4.20. The van der Waals surface area contributed by atoms with Gasteiger partial charge in [-0.05, 0) is 18.8 Å². The summed E-state index contributed by atoms with van der Waals surface area (Å²) in [4.78, 5) is 10.6. The van der Waals surface area contributed by atoms with Gasteiger partial charge in [0, 0.05) is 6.42 Å². The number of rotatable bonds is 0. The van der Waals surface area contributed by atoms with Crippen molar-refractivity contribution >= 4 is 5.78 Å². The maximum atomic E-state index is 12.5. The minimum atomic E-state index is -1.16. The van der Waals surface area contributed by atoms with E-state index >= 15 is 0 Å². The van der Waals surface area contributed by atoms with Crippen molar-refractivity contribution in [3.8, 4) is 0 Å². The van der Waals surface area contributed by atoms with Gasteiger partial charge in [0.05, 0.1) is 0 Å². The van der Waals surface area contributed by atoms with Crippen LogP contribution in [0.15, 0.2) is 0 Å². The van der Waals surface area contributed by atoms with Crippen LogP contribution in [0, 0.1) is 5.92 Å². The minimum absolute atomic E-state index is 0.201. The third kappa shape index (κ3) is 1.50. The summed E-state index contributed by atoms with van der Waals surface area (Å²) < 4.78 is 12.5. The second-order valence-electron chi connectivity index (χ2n) is 2.81. The van der Waals surface area contributed by atoms with Crippen LogP contribution >= 0.6 is 0 Å². The molecule has 0 N–H and O–H groups in total. The molecule has 1 aliphatic carbocycles. The number of halogens is 1. The summed E-state index contributed by atoms with van der Waals surface area (Å²) in [7, 11) is 0. The van der Waals surface area contributed by atoms with Crippen molar-refractivity contribution in [2.45, 2.75) is 32.4 Å². The second-order valence-corrected chi connectivity index (χ2v) is 2.81. The highest BCUT2D eigenvalue weighted by Gasteiger charge is 2.25. The lowest BCUT2D eigenvalue weighted by molar-refractivity contribution is -0.126. The lowest BCUT2D eigenvalue weighted by Crippen LogP contribution is -2.24. The van der Waals surface area contributed by atoms with Gasteiger partial charge < -0.3 is 0 Å². The van der Waals surface area contributed by atoms with Crippen LogP contribution in [-0.4, -0.2) is 12.0 Å². The maximum Gasteiger partial charge on any atom is 0.166 e. The van der Waals surface area contributed by atoms with Crippen molar-refractivity contribution in [3.63, 3.8) is 0 Å². The van der Waals surface area contributed by atoms with Gasteiger partial charge in [0.25, 0.3) is 0 Å². The van der Waals surface area contributed by atoms with Crippen molar-refractivity contribution in [1.29, 1.82) is 0 Å². The number of hydrogen-bond acceptors (Lipinski definition) is 1. The molecule has 1 saturated carbocycles. The zero-order valence-corrected chi connectivity index (χ0v) is 5.56. The van der Waals surface area contributed by atoms with Gasteiger partial charge in [0.15, 0.2) is 12.0 Å². The molecular formula is C7H11FO. The predicted molar refractivity (Wildman–Crippen MR) is 32.9 cm³/mol. The van der Waals surface area contributed by atoms with E-state index in [-0.39, 0.29) is 5.78 Å². The Balaban J connectivity index is 2.44. The summed E-state index contributed by atoms with van der Waals surface area (Å²) in [5, 5.41) is 0. The van der Waals surface area contributed by atoms with Gasteiger partial charge in [0.2, 0.25) is 0 Å².